The normalized spacial score (nSPS) is 14.8. The van der Waals surface area contributed by atoms with E-state index in [1.165, 1.54) is 6.42 Å². The van der Waals surface area contributed by atoms with Gasteiger partial charge < -0.3 is 9.88 Å². The third-order valence-corrected chi connectivity index (χ3v) is 6.49. The van der Waals surface area contributed by atoms with E-state index in [0.717, 1.165) is 59.0 Å². The van der Waals surface area contributed by atoms with E-state index in [1.807, 2.05) is 48.2 Å². The van der Waals surface area contributed by atoms with Crippen LogP contribution in [0, 0.1) is 26.7 Å². The molecule has 0 saturated heterocycles. The zero-order valence-electron chi connectivity index (χ0n) is 18.1. The molecule has 1 heterocycles. The summed E-state index contributed by atoms with van der Waals surface area (Å²) in [5.74, 6) is 0.188. The Kier molecular flexibility index (Phi) is 5.76. The Morgan fingerprint density at radius 1 is 1.03 bits per heavy atom. The average molecular weight is 403 g/mol. The summed E-state index contributed by atoms with van der Waals surface area (Å²) in [7, 11) is 0. The molecule has 4 heteroatoms. The summed E-state index contributed by atoms with van der Waals surface area (Å²) in [6, 6.07) is 14.0. The van der Waals surface area contributed by atoms with Gasteiger partial charge >= 0.3 is 0 Å². The molecule has 1 aliphatic carbocycles. The highest BCUT2D eigenvalue weighted by Gasteiger charge is 2.28. The summed E-state index contributed by atoms with van der Waals surface area (Å²) >= 11 is 0. The van der Waals surface area contributed by atoms with Gasteiger partial charge in [-0.15, -0.1) is 0 Å². The van der Waals surface area contributed by atoms with Gasteiger partial charge in [-0.3, -0.25) is 9.59 Å². The highest BCUT2D eigenvalue weighted by Crippen LogP contribution is 2.31. The molecule has 1 amide bonds. The van der Waals surface area contributed by atoms with Crippen molar-refractivity contribution in [2.45, 2.75) is 59.4 Å². The van der Waals surface area contributed by atoms with Crippen molar-refractivity contribution in [2.75, 3.05) is 4.90 Å². The largest absolute Gasteiger partial charge is 0.322 e. The molecule has 1 aliphatic rings. The fourth-order valence-electron chi connectivity index (χ4n) is 4.53. The molecular formula is C26H30N2O2. The smallest absolute Gasteiger partial charge is 0.253 e. The molecule has 30 heavy (non-hydrogen) atoms. The SMILES string of the molecule is Cc1ccc2cc(CN(C(=O)C3CCCCC3)c3cccc(C)c3C)c(=O)[nH]c2c1. The number of amides is 1. The van der Waals surface area contributed by atoms with Crippen LogP contribution < -0.4 is 10.5 Å². The monoisotopic (exact) mass is 402 g/mol. The number of hydrogen-bond acceptors (Lipinski definition) is 2. The van der Waals surface area contributed by atoms with Crippen LogP contribution in [0.4, 0.5) is 5.69 Å². The molecule has 3 aromatic rings. The quantitative estimate of drug-likeness (QED) is 0.620. The van der Waals surface area contributed by atoms with Gasteiger partial charge in [0.05, 0.1) is 6.54 Å². The summed E-state index contributed by atoms with van der Waals surface area (Å²) < 4.78 is 0. The van der Waals surface area contributed by atoms with Gasteiger partial charge in [0.1, 0.15) is 0 Å². The van der Waals surface area contributed by atoms with E-state index in [1.54, 1.807) is 0 Å². The fourth-order valence-corrected chi connectivity index (χ4v) is 4.53. The number of aromatic nitrogens is 1. The van der Waals surface area contributed by atoms with Gasteiger partial charge in [-0.1, -0.05) is 43.5 Å². The van der Waals surface area contributed by atoms with Crippen LogP contribution in [0.2, 0.25) is 0 Å². The summed E-state index contributed by atoms with van der Waals surface area (Å²) in [4.78, 5) is 31.3. The topological polar surface area (TPSA) is 53.2 Å². The van der Waals surface area contributed by atoms with Crippen molar-refractivity contribution in [1.82, 2.24) is 4.98 Å². The van der Waals surface area contributed by atoms with Crippen LogP contribution in [0.1, 0.15) is 54.4 Å². The number of aromatic amines is 1. The maximum Gasteiger partial charge on any atom is 0.253 e. The minimum Gasteiger partial charge on any atom is -0.322 e. The minimum absolute atomic E-state index is 0.0425. The molecule has 4 nitrogen and oxygen atoms in total. The van der Waals surface area contributed by atoms with Crippen LogP contribution >= 0.6 is 0 Å². The van der Waals surface area contributed by atoms with E-state index in [4.69, 9.17) is 0 Å². The fraction of sp³-hybridized carbons (Fsp3) is 0.385. The summed E-state index contributed by atoms with van der Waals surface area (Å²) in [5, 5.41) is 0.987. The number of fused-ring (bicyclic) bond motifs is 1. The number of hydrogen-bond donors (Lipinski definition) is 1. The molecule has 156 valence electrons. The van der Waals surface area contributed by atoms with Gasteiger partial charge in [0.15, 0.2) is 0 Å². The molecule has 4 rings (SSSR count). The number of carbonyl (C=O) groups excluding carboxylic acids is 1. The molecule has 0 radical (unpaired) electrons. The zero-order valence-corrected chi connectivity index (χ0v) is 18.1. The first-order chi connectivity index (χ1) is 14.4. The molecule has 1 N–H and O–H groups in total. The Labute approximate surface area is 177 Å². The van der Waals surface area contributed by atoms with Gasteiger partial charge in [0.2, 0.25) is 5.91 Å². The van der Waals surface area contributed by atoms with Gasteiger partial charge in [-0.25, -0.2) is 0 Å². The second-order valence-corrected chi connectivity index (χ2v) is 8.69. The summed E-state index contributed by atoms with van der Waals surface area (Å²) in [5.41, 5.74) is 5.59. The molecule has 0 unspecified atom stereocenters. The number of pyridine rings is 1. The van der Waals surface area contributed by atoms with E-state index in [9.17, 15) is 9.59 Å². The van der Waals surface area contributed by atoms with Crippen LogP contribution in [0.3, 0.4) is 0 Å². The maximum atomic E-state index is 13.6. The number of H-pyrrole nitrogens is 1. The van der Waals surface area contributed by atoms with E-state index < -0.39 is 0 Å². The van der Waals surface area contributed by atoms with Crippen molar-refractivity contribution in [2.24, 2.45) is 5.92 Å². The van der Waals surface area contributed by atoms with Crippen molar-refractivity contribution in [1.29, 1.82) is 0 Å². The Balaban J connectivity index is 1.76. The number of anilines is 1. The number of benzene rings is 2. The van der Waals surface area contributed by atoms with Crippen LogP contribution in [0.25, 0.3) is 10.9 Å². The Morgan fingerprint density at radius 2 is 1.80 bits per heavy atom. The predicted molar refractivity (Wildman–Crippen MR) is 123 cm³/mol. The van der Waals surface area contributed by atoms with Crippen LogP contribution in [-0.4, -0.2) is 10.9 Å². The first-order valence-electron chi connectivity index (χ1n) is 10.9. The Morgan fingerprint density at radius 3 is 2.57 bits per heavy atom. The lowest BCUT2D eigenvalue weighted by molar-refractivity contribution is -0.123. The lowest BCUT2D eigenvalue weighted by Gasteiger charge is -2.31. The predicted octanol–water partition coefficient (Wildman–Crippen LogP) is 5.57. The molecule has 1 saturated carbocycles. The standard InChI is InChI=1S/C26H30N2O2/c1-17-12-13-21-15-22(25(29)27-23(21)14-17)16-28(24-11-7-8-18(2)19(24)3)26(30)20-9-5-4-6-10-20/h7-8,11-15,20H,4-6,9-10,16H2,1-3H3,(H,27,29). The maximum absolute atomic E-state index is 13.6. The molecule has 1 fully saturated rings. The van der Waals surface area contributed by atoms with Crippen molar-refractivity contribution in [3.8, 4) is 0 Å². The first-order valence-corrected chi connectivity index (χ1v) is 10.9. The number of nitrogens with zero attached hydrogens (tertiary/aromatic N) is 1. The third kappa shape index (κ3) is 4.04. The highest BCUT2D eigenvalue weighted by atomic mass is 16.2. The zero-order chi connectivity index (χ0) is 21.3. The minimum atomic E-state index is -0.125. The first kappa shape index (κ1) is 20.4. The van der Waals surface area contributed by atoms with Crippen LogP contribution in [0.15, 0.2) is 47.3 Å². The Hall–Kier alpha value is -2.88. The second-order valence-electron chi connectivity index (χ2n) is 8.69. The lowest BCUT2D eigenvalue weighted by Crippen LogP contribution is -2.38. The van der Waals surface area contributed by atoms with Crippen molar-refractivity contribution in [3.05, 3.63) is 75.1 Å². The average Bonchev–Trinajstić information content (AvgIpc) is 2.75. The van der Waals surface area contributed by atoms with E-state index in [0.29, 0.717) is 12.1 Å². The molecule has 2 aromatic carbocycles. The van der Waals surface area contributed by atoms with Crippen molar-refractivity contribution >= 4 is 22.5 Å². The third-order valence-electron chi connectivity index (χ3n) is 6.49. The van der Waals surface area contributed by atoms with Crippen molar-refractivity contribution in [3.63, 3.8) is 0 Å². The van der Waals surface area contributed by atoms with Gasteiger partial charge in [-0.05, 0) is 73.9 Å². The van der Waals surface area contributed by atoms with Crippen molar-refractivity contribution < 1.29 is 4.79 Å². The molecule has 0 spiro atoms. The van der Waals surface area contributed by atoms with Gasteiger partial charge in [0, 0.05) is 22.7 Å². The van der Waals surface area contributed by atoms with Crippen LogP contribution in [-0.2, 0) is 11.3 Å². The number of aryl methyl sites for hydroxylation is 2. The second kappa shape index (κ2) is 8.47. The van der Waals surface area contributed by atoms with E-state index in [-0.39, 0.29) is 17.4 Å². The highest BCUT2D eigenvalue weighted by molar-refractivity contribution is 5.96. The Bertz CT molecular complexity index is 1140. The molecule has 0 bridgehead atoms. The summed E-state index contributed by atoms with van der Waals surface area (Å²) in [6.07, 6.45) is 5.29. The lowest BCUT2D eigenvalue weighted by atomic mass is 9.88. The molecule has 1 aromatic heterocycles. The van der Waals surface area contributed by atoms with E-state index in [2.05, 4.69) is 24.9 Å². The summed E-state index contributed by atoms with van der Waals surface area (Å²) in [6.45, 7) is 6.42. The number of rotatable bonds is 4. The number of carbonyl (C=O) groups is 1. The van der Waals surface area contributed by atoms with Gasteiger partial charge in [-0.2, -0.15) is 0 Å². The molecule has 0 aliphatic heterocycles. The van der Waals surface area contributed by atoms with E-state index >= 15 is 0 Å². The van der Waals surface area contributed by atoms with Crippen LogP contribution in [0.5, 0.6) is 0 Å². The molecule has 0 atom stereocenters. The number of nitrogens with one attached hydrogen (secondary N) is 1. The van der Waals surface area contributed by atoms with Gasteiger partial charge in [0.25, 0.3) is 5.56 Å². The molecular weight excluding hydrogens is 372 g/mol.